The molecule has 0 aliphatic carbocycles. The number of benzene rings is 2. The maximum absolute atomic E-state index is 12.1. The van der Waals surface area contributed by atoms with E-state index in [0.29, 0.717) is 25.3 Å². The average Bonchev–Trinajstić information content (AvgIpc) is 2.84. The van der Waals surface area contributed by atoms with Crippen molar-refractivity contribution in [3.05, 3.63) is 65.2 Å². The molecule has 184 valence electrons. The molecule has 2 N–H and O–H groups in total. The summed E-state index contributed by atoms with van der Waals surface area (Å²) < 4.78 is 16.1. The van der Waals surface area contributed by atoms with Crippen LogP contribution < -0.4 is 5.32 Å². The van der Waals surface area contributed by atoms with Crippen molar-refractivity contribution in [2.24, 2.45) is 0 Å². The Morgan fingerprint density at radius 3 is 2.47 bits per heavy atom. The number of halogens is 3. The van der Waals surface area contributed by atoms with Crippen LogP contribution in [0.4, 0.5) is 5.69 Å². The summed E-state index contributed by atoms with van der Waals surface area (Å²) in [6.07, 6.45) is -0.224. The van der Waals surface area contributed by atoms with Gasteiger partial charge < -0.3 is 24.6 Å². The van der Waals surface area contributed by atoms with E-state index in [2.05, 4.69) is 10.2 Å². The number of anilines is 1. The van der Waals surface area contributed by atoms with Gasteiger partial charge in [0.15, 0.2) is 6.29 Å². The number of amides is 1. The molecular formula is C24H27Cl3N2O5. The maximum Gasteiger partial charge on any atom is 0.276 e. The van der Waals surface area contributed by atoms with Gasteiger partial charge in [-0.3, -0.25) is 9.69 Å². The van der Waals surface area contributed by atoms with Crippen molar-refractivity contribution in [1.29, 1.82) is 0 Å². The molecule has 2 saturated heterocycles. The van der Waals surface area contributed by atoms with Gasteiger partial charge in [-0.15, -0.1) is 0 Å². The third kappa shape index (κ3) is 6.83. The van der Waals surface area contributed by atoms with Crippen LogP contribution >= 0.6 is 34.8 Å². The molecule has 4 rings (SSSR count). The fourth-order valence-electron chi connectivity index (χ4n) is 4.07. The van der Waals surface area contributed by atoms with Crippen LogP contribution in [0.1, 0.15) is 35.5 Å². The molecule has 2 aromatic carbocycles. The number of morpholine rings is 1. The number of aliphatic hydroxyl groups is 1. The first-order chi connectivity index (χ1) is 16.3. The van der Waals surface area contributed by atoms with Crippen LogP contribution in [-0.2, 0) is 25.6 Å². The lowest BCUT2D eigenvalue weighted by molar-refractivity contribution is -0.253. The minimum atomic E-state index is -2.07. The predicted octanol–water partition coefficient (Wildman–Crippen LogP) is 4.37. The third-order valence-corrected chi connectivity index (χ3v) is 6.37. The van der Waals surface area contributed by atoms with Crippen LogP contribution in [0.2, 0.25) is 0 Å². The highest BCUT2D eigenvalue weighted by molar-refractivity contribution is 6.76. The lowest BCUT2D eigenvalue weighted by atomic mass is 9.99. The number of hydrogen-bond donors (Lipinski definition) is 2. The van der Waals surface area contributed by atoms with E-state index in [1.165, 1.54) is 0 Å². The topological polar surface area (TPSA) is 80.3 Å². The highest BCUT2D eigenvalue weighted by Crippen LogP contribution is 2.39. The second-order valence-corrected chi connectivity index (χ2v) is 10.6. The summed E-state index contributed by atoms with van der Waals surface area (Å²) in [5.74, 6) is -0.743. The Bertz CT molecular complexity index is 964. The van der Waals surface area contributed by atoms with Crippen molar-refractivity contribution in [1.82, 2.24) is 4.90 Å². The molecule has 0 bridgehead atoms. The van der Waals surface area contributed by atoms with Gasteiger partial charge in [0.05, 0.1) is 32.0 Å². The first-order valence-electron chi connectivity index (χ1n) is 11.1. The summed E-state index contributed by atoms with van der Waals surface area (Å²) in [5, 5.41) is 12.0. The number of nitrogens with zero attached hydrogens (tertiary/aromatic N) is 1. The number of nitrogens with one attached hydrogen (secondary N) is 1. The summed E-state index contributed by atoms with van der Waals surface area (Å²) in [6.45, 7) is 3.90. The van der Waals surface area contributed by atoms with Gasteiger partial charge in [-0.1, -0.05) is 71.2 Å². The number of ether oxygens (including phenoxy) is 3. The maximum atomic E-state index is 12.1. The van der Waals surface area contributed by atoms with Gasteiger partial charge in [0.1, 0.15) is 0 Å². The van der Waals surface area contributed by atoms with E-state index in [4.69, 9.17) is 49.0 Å². The van der Waals surface area contributed by atoms with Gasteiger partial charge in [0.2, 0.25) is 0 Å². The molecule has 2 aromatic rings. The minimum Gasteiger partial charge on any atom is -0.392 e. The smallest absolute Gasteiger partial charge is 0.276 e. The molecule has 2 heterocycles. The Hall–Kier alpha value is -1.42. The van der Waals surface area contributed by atoms with E-state index in [1.807, 2.05) is 30.3 Å². The first kappa shape index (κ1) is 25.7. The van der Waals surface area contributed by atoms with E-state index in [1.54, 1.807) is 18.2 Å². The van der Waals surface area contributed by atoms with Gasteiger partial charge in [0.25, 0.3) is 9.70 Å². The fraction of sp³-hybridized carbons (Fsp3) is 0.458. The van der Waals surface area contributed by atoms with Crippen LogP contribution in [0.3, 0.4) is 0 Å². The van der Waals surface area contributed by atoms with Gasteiger partial charge in [-0.25, -0.2) is 0 Å². The van der Waals surface area contributed by atoms with Crippen LogP contribution in [0.15, 0.2) is 48.5 Å². The number of carbonyl (C=O) groups excluding carboxylic acids is 1. The molecule has 2 fully saturated rings. The largest absolute Gasteiger partial charge is 0.392 e. The summed E-state index contributed by atoms with van der Waals surface area (Å²) >= 11 is 17.0. The zero-order valence-corrected chi connectivity index (χ0v) is 20.7. The van der Waals surface area contributed by atoms with Crippen LogP contribution in [0, 0.1) is 0 Å². The van der Waals surface area contributed by atoms with E-state index in [9.17, 15) is 9.90 Å². The zero-order chi connectivity index (χ0) is 24.1. The Labute approximate surface area is 213 Å². The quantitative estimate of drug-likeness (QED) is 0.541. The van der Waals surface area contributed by atoms with E-state index < -0.39 is 16.0 Å². The van der Waals surface area contributed by atoms with E-state index >= 15 is 0 Å². The fourth-order valence-corrected chi connectivity index (χ4v) is 4.21. The van der Waals surface area contributed by atoms with Crippen molar-refractivity contribution in [2.45, 2.75) is 35.3 Å². The molecule has 10 heteroatoms. The highest BCUT2D eigenvalue weighted by atomic mass is 35.6. The van der Waals surface area contributed by atoms with Gasteiger partial charge in [-0.05, 0) is 23.3 Å². The van der Waals surface area contributed by atoms with E-state index in [-0.39, 0.29) is 18.8 Å². The Kier molecular flexibility index (Phi) is 8.71. The second kappa shape index (κ2) is 11.5. The number of hydrogen-bond acceptors (Lipinski definition) is 6. The molecule has 34 heavy (non-hydrogen) atoms. The summed E-state index contributed by atoms with van der Waals surface area (Å²) in [4.78, 5) is 14.4. The molecule has 2 aliphatic heterocycles. The predicted molar refractivity (Wildman–Crippen MR) is 131 cm³/mol. The van der Waals surface area contributed by atoms with Crippen LogP contribution in [-0.4, -0.2) is 58.7 Å². The van der Waals surface area contributed by atoms with Gasteiger partial charge in [0, 0.05) is 37.3 Å². The standard InChI is InChI=1S/C24H27Cl3N2O5/c25-24(26,27)23(31)28-19-3-1-2-18(12-19)22-33-20(14-29-8-10-32-11-9-29)13-21(34-22)17-6-4-16(15-30)5-7-17/h1-7,12,20-22,30H,8-11,13-15H2,(H,28,31). The third-order valence-electron chi connectivity index (χ3n) is 5.85. The molecule has 2 aliphatic rings. The molecule has 3 unspecified atom stereocenters. The normalized spacial score (nSPS) is 24.1. The van der Waals surface area contributed by atoms with Crippen molar-refractivity contribution in [2.75, 3.05) is 38.2 Å². The van der Waals surface area contributed by atoms with Gasteiger partial charge >= 0.3 is 0 Å². The lowest BCUT2D eigenvalue weighted by Crippen LogP contribution is -2.44. The number of carbonyl (C=O) groups is 1. The zero-order valence-electron chi connectivity index (χ0n) is 18.5. The minimum absolute atomic E-state index is 0.0100. The van der Waals surface area contributed by atoms with Crippen LogP contribution in [0.25, 0.3) is 0 Å². The molecule has 0 radical (unpaired) electrons. The molecule has 1 amide bonds. The lowest BCUT2D eigenvalue weighted by Gasteiger charge is -2.39. The number of aliphatic hydroxyl groups excluding tert-OH is 1. The molecule has 0 saturated carbocycles. The monoisotopic (exact) mass is 528 g/mol. The van der Waals surface area contributed by atoms with Gasteiger partial charge in [-0.2, -0.15) is 0 Å². The Balaban J connectivity index is 1.54. The molecule has 7 nitrogen and oxygen atoms in total. The Morgan fingerprint density at radius 1 is 1.06 bits per heavy atom. The molecule has 3 atom stereocenters. The van der Waals surface area contributed by atoms with Crippen molar-refractivity contribution in [3.8, 4) is 0 Å². The van der Waals surface area contributed by atoms with Crippen LogP contribution in [0.5, 0.6) is 0 Å². The second-order valence-electron chi connectivity index (χ2n) is 8.34. The summed E-state index contributed by atoms with van der Waals surface area (Å²) in [6, 6.07) is 14.9. The van der Waals surface area contributed by atoms with Crippen molar-refractivity contribution >= 4 is 46.4 Å². The van der Waals surface area contributed by atoms with E-state index in [0.717, 1.165) is 36.3 Å². The molecule has 0 aromatic heterocycles. The highest BCUT2D eigenvalue weighted by Gasteiger charge is 2.34. The summed E-state index contributed by atoms with van der Waals surface area (Å²) in [7, 11) is 0. The Morgan fingerprint density at radius 2 is 1.79 bits per heavy atom. The average molecular weight is 530 g/mol. The first-order valence-corrected chi connectivity index (χ1v) is 12.2. The summed E-state index contributed by atoms with van der Waals surface area (Å²) in [5.41, 5.74) is 3.07. The molecule has 0 spiro atoms. The molecular weight excluding hydrogens is 503 g/mol. The number of rotatable bonds is 6. The van der Waals surface area contributed by atoms with Crippen molar-refractivity contribution in [3.63, 3.8) is 0 Å². The van der Waals surface area contributed by atoms with Crippen molar-refractivity contribution < 1.29 is 24.1 Å². The number of alkyl halides is 3. The SMILES string of the molecule is O=C(Nc1cccc(C2OC(CN3CCOCC3)CC(c3ccc(CO)cc3)O2)c1)C(Cl)(Cl)Cl.